The highest BCUT2D eigenvalue weighted by molar-refractivity contribution is 5.88. The second-order valence-corrected chi connectivity index (χ2v) is 10.0. The normalized spacial score (nSPS) is 11.9. The minimum Gasteiger partial charge on any atom is -0.494 e. The molecule has 0 atom stereocenters. The van der Waals surface area contributed by atoms with E-state index in [1.165, 1.54) is 50.0 Å². The van der Waals surface area contributed by atoms with Crippen LogP contribution in [-0.4, -0.2) is 23.5 Å². The molecule has 0 fully saturated rings. The molecule has 0 bridgehead atoms. The molecule has 0 N–H and O–H groups in total. The number of ether oxygens (including phenoxy) is 2. The fourth-order valence-electron chi connectivity index (χ4n) is 5.29. The predicted octanol–water partition coefficient (Wildman–Crippen LogP) is 7.64. The predicted molar refractivity (Wildman–Crippen MR) is 150 cm³/mol. The van der Waals surface area contributed by atoms with Gasteiger partial charge < -0.3 is 9.47 Å². The van der Waals surface area contributed by atoms with Gasteiger partial charge in [-0.3, -0.25) is 0 Å². The van der Waals surface area contributed by atoms with Crippen molar-refractivity contribution in [2.24, 2.45) is 0 Å². The monoisotopic (exact) mass is 484 g/mol. The lowest BCUT2D eigenvalue weighted by Crippen LogP contribution is -2.20. The molecule has 3 aromatic carbocycles. The molecule has 36 heavy (non-hydrogen) atoms. The maximum absolute atomic E-state index is 6.11. The summed E-state index contributed by atoms with van der Waals surface area (Å²) in [6, 6.07) is 17.4. The Hall–Kier alpha value is -3.11. The van der Waals surface area contributed by atoms with Gasteiger partial charge in [0, 0.05) is 30.4 Å². The van der Waals surface area contributed by atoms with Crippen molar-refractivity contribution in [1.29, 1.82) is 0 Å². The molecule has 1 heterocycles. The van der Waals surface area contributed by atoms with Gasteiger partial charge in [0.05, 0.1) is 23.6 Å². The molecular formula is C32H40N2O2. The van der Waals surface area contributed by atoms with Crippen LogP contribution in [0.1, 0.15) is 73.8 Å². The zero-order valence-corrected chi connectivity index (χ0v) is 23.2. The van der Waals surface area contributed by atoms with E-state index in [0.717, 1.165) is 30.7 Å². The van der Waals surface area contributed by atoms with E-state index < -0.39 is 0 Å². The van der Waals surface area contributed by atoms with E-state index in [1.807, 2.05) is 6.92 Å². The number of benzene rings is 3. The summed E-state index contributed by atoms with van der Waals surface area (Å²) in [5.74, 6) is 0.964. The van der Waals surface area contributed by atoms with Gasteiger partial charge in [-0.1, -0.05) is 56.3 Å². The van der Waals surface area contributed by atoms with Gasteiger partial charge >= 0.3 is 0 Å². The number of hydrogen-bond acceptors (Lipinski definition) is 3. The number of aromatic nitrogens is 2. The highest BCUT2D eigenvalue weighted by Crippen LogP contribution is 2.35. The van der Waals surface area contributed by atoms with Crippen LogP contribution in [0.3, 0.4) is 0 Å². The van der Waals surface area contributed by atoms with E-state index in [2.05, 4.69) is 94.8 Å². The number of fused-ring (bicyclic) bond motifs is 1. The molecule has 4 aromatic rings. The zero-order chi connectivity index (χ0) is 26.0. The van der Waals surface area contributed by atoms with Crippen molar-refractivity contribution in [3.63, 3.8) is 0 Å². The zero-order valence-electron chi connectivity index (χ0n) is 23.2. The Morgan fingerprint density at radius 2 is 1.58 bits per heavy atom. The molecule has 4 rings (SSSR count). The summed E-state index contributed by atoms with van der Waals surface area (Å²) in [6.45, 7) is 15.7. The first-order valence-corrected chi connectivity index (χ1v) is 13.2. The quantitative estimate of drug-likeness (QED) is 0.245. The van der Waals surface area contributed by atoms with E-state index in [1.54, 1.807) is 7.11 Å². The highest BCUT2D eigenvalue weighted by atomic mass is 16.5. The number of hydrogen-bond donors (Lipinski definition) is 0. The Morgan fingerprint density at radius 3 is 2.19 bits per heavy atom. The van der Waals surface area contributed by atoms with Crippen LogP contribution in [0.15, 0.2) is 48.5 Å². The molecule has 0 unspecified atom stereocenters. The first-order chi connectivity index (χ1) is 17.2. The van der Waals surface area contributed by atoms with Gasteiger partial charge in [-0.2, -0.15) is 5.10 Å². The second kappa shape index (κ2) is 10.5. The second-order valence-electron chi connectivity index (χ2n) is 10.0. The molecule has 0 radical (unpaired) electrons. The van der Waals surface area contributed by atoms with Crippen LogP contribution in [0.4, 0.5) is 0 Å². The number of nitrogens with zero attached hydrogens (tertiary/aromatic N) is 2. The molecule has 0 aliphatic carbocycles. The van der Waals surface area contributed by atoms with Gasteiger partial charge in [0.1, 0.15) is 5.75 Å². The first kappa shape index (κ1) is 26.0. The summed E-state index contributed by atoms with van der Waals surface area (Å²) in [7, 11) is 1.77. The van der Waals surface area contributed by atoms with Crippen molar-refractivity contribution >= 4 is 10.8 Å². The van der Waals surface area contributed by atoms with Crippen molar-refractivity contribution in [2.75, 3.05) is 13.7 Å². The first-order valence-electron chi connectivity index (χ1n) is 13.2. The topological polar surface area (TPSA) is 36.3 Å². The van der Waals surface area contributed by atoms with Gasteiger partial charge in [-0.05, 0) is 81.0 Å². The Labute approximate surface area is 216 Å². The van der Waals surface area contributed by atoms with Crippen molar-refractivity contribution in [3.8, 4) is 11.4 Å². The lowest BCUT2D eigenvalue weighted by atomic mass is 9.93. The third-order valence-electron chi connectivity index (χ3n) is 7.40. The molecule has 4 heteroatoms. The fourth-order valence-corrected chi connectivity index (χ4v) is 5.29. The van der Waals surface area contributed by atoms with Crippen molar-refractivity contribution in [2.45, 2.75) is 73.3 Å². The van der Waals surface area contributed by atoms with E-state index in [9.17, 15) is 0 Å². The number of aryl methyl sites for hydroxylation is 3. The largest absolute Gasteiger partial charge is 0.494 e. The Balaban J connectivity index is 1.90. The van der Waals surface area contributed by atoms with Crippen LogP contribution in [0, 0.1) is 13.8 Å². The standard InChI is InChI=1S/C32H40N2O2/c1-9-28-27(20-26-25-15-13-12-14-23(25)16-17-30(26)36-11-3)29(10-2)34(33-28)31-21(4)18-24(19-22(31)5)32(6,7)35-8/h12-19H,9-11,20H2,1-8H3. The minimum atomic E-state index is -0.338. The van der Waals surface area contributed by atoms with Crippen molar-refractivity contribution in [1.82, 2.24) is 9.78 Å². The van der Waals surface area contributed by atoms with Crippen LogP contribution in [0.5, 0.6) is 5.75 Å². The number of rotatable bonds is 9. The molecule has 0 aliphatic rings. The Morgan fingerprint density at radius 1 is 0.889 bits per heavy atom. The fraction of sp³-hybridized carbons (Fsp3) is 0.406. The average Bonchev–Trinajstić information content (AvgIpc) is 3.21. The number of methoxy groups -OCH3 is 1. The summed E-state index contributed by atoms with van der Waals surface area (Å²) >= 11 is 0. The minimum absolute atomic E-state index is 0.338. The van der Waals surface area contributed by atoms with Gasteiger partial charge in [-0.25, -0.2) is 4.68 Å². The van der Waals surface area contributed by atoms with Crippen LogP contribution in [0.25, 0.3) is 16.5 Å². The van der Waals surface area contributed by atoms with E-state index in [0.29, 0.717) is 6.61 Å². The van der Waals surface area contributed by atoms with Gasteiger partial charge in [0.15, 0.2) is 0 Å². The van der Waals surface area contributed by atoms with Crippen LogP contribution in [0.2, 0.25) is 0 Å². The third-order valence-corrected chi connectivity index (χ3v) is 7.40. The summed E-state index contributed by atoms with van der Waals surface area (Å²) in [4.78, 5) is 0. The summed E-state index contributed by atoms with van der Waals surface area (Å²) in [5, 5.41) is 7.69. The maximum atomic E-state index is 6.11. The van der Waals surface area contributed by atoms with Crippen molar-refractivity contribution < 1.29 is 9.47 Å². The summed E-state index contributed by atoms with van der Waals surface area (Å²) in [5.41, 5.74) is 9.42. The molecule has 0 amide bonds. The summed E-state index contributed by atoms with van der Waals surface area (Å²) < 4.78 is 14.1. The molecular weight excluding hydrogens is 444 g/mol. The lowest BCUT2D eigenvalue weighted by Gasteiger charge is -2.26. The van der Waals surface area contributed by atoms with Gasteiger partial charge in [0.25, 0.3) is 0 Å². The molecule has 1 aromatic heterocycles. The average molecular weight is 485 g/mol. The third kappa shape index (κ3) is 4.67. The van der Waals surface area contributed by atoms with Crippen LogP contribution in [-0.2, 0) is 29.6 Å². The maximum Gasteiger partial charge on any atom is 0.123 e. The SMILES string of the molecule is CCOc1ccc2ccccc2c1Cc1c(CC)nn(-c2c(C)cc(C(C)(C)OC)cc2C)c1CC. The van der Waals surface area contributed by atoms with Gasteiger partial charge in [0.2, 0.25) is 0 Å². The van der Waals surface area contributed by atoms with E-state index in [4.69, 9.17) is 14.6 Å². The van der Waals surface area contributed by atoms with Crippen LogP contribution >= 0.6 is 0 Å². The lowest BCUT2D eigenvalue weighted by molar-refractivity contribution is 0.0191. The smallest absolute Gasteiger partial charge is 0.123 e. The Bertz CT molecular complexity index is 1360. The molecule has 0 saturated heterocycles. The van der Waals surface area contributed by atoms with E-state index >= 15 is 0 Å². The molecule has 0 aliphatic heterocycles. The van der Waals surface area contributed by atoms with Gasteiger partial charge in [-0.15, -0.1) is 0 Å². The molecule has 4 nitrogen and oxygen atoms in total. The molecule has 0 spiro atoms. The van der Waals surface area contributed by atoms with Crippen LogP contribution < -0.4 is 4.74 Å². The Kier molecular flexibility index (Phi) is 7.56. The van der Waals surface area contributed by atoms with E-state index in [-0.39, 0.29) is 5.60 Å². The summed E-state index contributed by atoms with van der Waals surface area (Å²) in [6.07, 6.45) is 2.59. The molecule has 0 saturated carbocycles. The molecule has 190 valence electrons. The van der Waals surface area contributed by atoms with Crippen molar-refractivity contribution in [3.05, 3.63) is 87.7 Å². The highest BCUT2D eigenvalue weighted by Gasteiger charge is 2.25.